The molecule has 0 unspecified atom stereocenters. The monoisotopic (exact) mass is 496 g/mol. The Hall–Kier alpha value is -0.870. The van der Waals surface area contributed by atoms with E-state index < -0.39 is 15.6 Å². The molecule has 0 aliphatic carbocycles. The summed E-state index contributed by atoms with van der Waals surface area (Å²) in [6.07, 6.45) is 1.04. The zero-order chi connectivity index (χ0) is 19.1. The number of aliphatic imine (C=N–C) groups is 1. The molecule has 0 heterocycles. The second-order valence-corrected chi connectivity index (χ2v) is 9.15. The topological polar surface area (TPSA) is 82.6 Å². The van der Waals surface area contributed by atoms with Crippen molar-refractivity contribution in [2.24, 2.45) is 10.9 Å². The van der Waals surface area contributed by atoms with E-state index in [1.807, 2.05) is 32.9 Å². The van der Waals surface area contributed by atoms with Crippen molar-refractivity contribution in [2.75, 3.05) is 13.6 Å². The van der Waals surface area contributed by atoms with Crippen LogP contribution in [0, 0.1) is 5.92 Å². The van der Waals surface area contributed by atoms with E-state index in [2.05, 4.69) is 34.2 Å². The Morgan fingerprint density at radius 3 is 2.31 bits per heavy atom. The number of hydrogen-bond donors (Lipinski definition) is 3. The Balaban J connectivity index is 0.00000625. The van der Waals surface area contributed by atoms with Gasteiger partial charge in [0.15, 0.2) is 5.96 Å². The van der Waals surface area contributed by atoms with Gasteiger partial charge >= 0.3 is 0 Å². The molecule has 0 bridgehead atoms. The fraction of sp³-hybridized carbons (Fsp3) is 0.611. The molecule has 0 aromatic heterocycles. The molecule has 0 aliphatic rings. The van der Waals surface area contributed by atoms with Crippen LogP contribution >= 0.6 is 24.0 Å². The lowest BCUT2D eigenvalue weighted by Crippen LogP contribution is -2.41. The fourth-order valence-electron chi connectivity index (χ4n) is 2.25. The Kier molecular flexibility index (Phi) is 10.7. The van der Waals surface area contributed by atoms with E-state index >= 15 is 0 Å². The summed E-state index contributed by atoms with van der Waals surface area (Å²) in [4.78, 5) is 4.47. The van der Waals surface area contributed by atoms with E-state index in [9.17, 15) is 8.42 Å². The molecule has 0 atom stereocenters. The molecular weight excluding hydrogens is 463 g/mol. The number of rotatable bonds is 7. The Bertz CT molecular complexity index is 683. The average molecular weight is 496 g/mol. The minimum absolute atomic E-state index is 0. The molecule has 150 valence electrons. The predicted molar refractivity (Wildman–Crippen MR) is 120 cm³/mol. The van der Waals surface area contributed by atoms with Gasteiger partial charge in [-0.25, -0.2) is 13.1 Å². The second-order valence-electron chi connectivity index (χ2n) is 7.50. The third-order valence-electron chi connectivity index (χ3n) is 3.39. The molecule has 0 spiro atoms. The van der Waals surface area contributed by atoms with Crippen molar-refractivity contribution in [3.05, 3.63) is 29.8 Å². The summed E-state index contributed by atoms with van der Waals surface area (Å²) in [7, 11) is -1.88. The van der Waals surface area contributed by atoms with Gasteiger partial charge in [0.2, 0.25) is 10.0 Å². The van der Waals surface area contributed by atoms with Crippen LogP contribution in [0.4, 0.5) is 0 Å². The van der Waals surface area contributed by atoms with Gasteiger partial charge in [0.25, 0.3) is 0 Å². The quantitative estimate of drug-likeness (QED) is 0.308. The maximum Gasteiger partial charge on any atom is 0.241 e. The molecule has 0 saturated heterocycles. The van der Waals surface area contributed by atoms with Crippen molar-refractivity contribution < 1.29 is 8.42 Å². The van der Waals surface area contributed by atoms with E-state index in [-0.39, 0.29) is 28.9 Å². The van der Waals surface area contributed by atoms with Crippen LogP contribution < -0.4 is 15.4 Å². The van der Waals surface area contributed by atoms with Gasteiger partial charge in [-0.05, 0) is 44.7 Å². The minimum atomic E-state index is -3.58. The number of sulfonamides is 1. The van der Waals surface area contributed by atoms with Crippen LogP contribution in [0.15, 0.2) is 34.2 Å². The maximum atomic E-state index is 12.6. The normalized spacial score (nSPS) is 12.7. The summed E-state index contributed by atoms with van der Waals surface area (Å²) in [6, 6.07) is 7.00. The van der Waals surface area contributed by atoms with E-state index in [4.69, 9.17) is 0 Å². The number of halogens is 1. The molecule has 3 N–H and O–H groups in total. The Labute approximate surface area is 175 Å². The third kappa shape index (κ3) is 9.18. The Morgan fingerprint density at radius 2 is 1.77 bits per heavy atom. The molecule has 1 aromatic carbocycles. The molecule has 0 aliphatic heterocycles. The van der Waals surface area contributed by atoms with Gasteiger partial charge in [-0.1, -0.05) is 32.0 Å². The molecule has 1 aromatic rings. The summed E-state index contributed by atoms with van der Waals surface area (Å²) in [5.74, 6) is 1.27. The van der Waals surface area contributed by atoms with Crippen molar-refractivity contribution in [2.45, 2.75) is 58.0 Å². The van der Waals surface area contributed by atoms with Crippen molar-refractivity contribution >= 4 is 40.0 Å². The molecule has 26 heavy (non-hydrogen) atoms. The molecular formula is C18H33IN4O2S. The Morgan fingerprint density at radius 1 is 1.15 bits per heavy atom. The second kappa shape index (κ2) is 11.1. The summed E-state index contributed by atoms with van der Waals surface area (Å²) in [6.45, 7) is 11.0. The van der Waals surface area contributed by atoms with Crippen LogP contribution in [0.2, 0.25) is 0 Å². The van der Waals surface area contributed by atoms with E-state index in [1.54, 1.807) is 19.2 Å². The van der Waals surface area contributed by atoms with E-state index in [1.165, 1.54) is 0 Å². The predicted octanol–water partition coefficient (Wildman–Crippen LogP) is 3.09. The summed E-state index contributed by atoms with van der Waals surface area (Å²) < 4.78 is 28.0. The minimum Gasteiger partial charge on any atom is -0.356 e. The highest BCUT2D eigenvalue weighted by molar-refractivity contribution is 14.0. The van der Waals surface area contributed by atoms with Crippen LogP contribution in [-0.4, -0.2) is 33.5 Å². The van der Waals surface area contributed by atoms with Crippen LogP contribution in [-0.2, 0) is 16.6 Å². The average Bonchev–Trinajstić information content (AvgIpc) is 2.48. The molecule has 6 nitrogen and oxygen atoms in total. The number of benzene rings is 1. The van der Waals surface area contributed by atoms with Crippen molar-refractivity contribution in [3.63, 3.8) is 0 Å². The largest absolute Gasteiger partial charge is 0.356 e. The van der Waals surface area contributed by atoms with Crippen LogP contribution in [0.25, 0.3) is 0 Å². The highest BCUT2D eigenvalue weighted by Crippen LogP contribution is 2.17. The summed E-state index contributed by atoms with van der Waals surface area (Å²) in [5, 5.41) is 6.42. The van der Waals surface area contributed by atoms with E-state index in [0.717, 1.165) is 13.0 Å². The zero-order valence-electron chi connectivity index (χ0n) is 16.6. The van der Waals surface area contributed by atoms with Crippen molar-refractivity contribution in [1.29, 1.82) is 0 Å². The molecule has 0 radical (unpaired) electrons. The van der Waals surface area contributed by atoms with Gasteiger partial charge in [0, 0.05) is 25.7 Å². The molecule has 0 amide bonds. The first-order chi connectivity index (χ1) is 11.5. The van der Waals surface area contributed by atoms with Crippen molar-refractivity contribution in [1.82, 2.24) is 15.4 Å². The zero-order valence-corrected chi connectivity index (χ0v) is 19.7. The fourth-order valence-corrected chi connectivity index (χ4v) is 3.91. The van der Waals surface area contributed by atoms with Gasteiger partial charge in [0.05, 0.1) is 4.90 Å². The number of nitrogens with one attached hydrogen (secondary N) is 3. The first kappa shape index (κ1) is 25.1. The SMILES string of the molecule is CN=C(NCCC(C)C)NCc1ccccc1S(=O)(=O)NC(C)(C)C.I. The van der Waals surface area contributed by atoms with Gasteiger partial charge in [-0.15, -0.1) is 24.0 Å². The highest BCUT2D eigenvalue weighted by atomic mass is 127. The lowest BCUT2D eigenvalue weighted by atomic mass is 10.1. The standard InChI is InChI=1S/C18H32N4O2S.HI/c1-14(2)11-12-20-17(19-6)21-13-15-9-7-8-10-16(15)25(23,24)22-18(3,4)5;/h7-10,14,22H,11-13H2,1-6H3,(H2,19,20,21);1H. The third-order valence-corrected chi connectivity index (χ3v) is 5.25. The maximum absolute atomic E-state index is 12.6. The highest BCUT2D eigenvalue weighted by Gasteiger charge is 2.24. The van der Waals surface area contributed by atoms with Crippen LogP contribution in [0.1, 0.15) is 46.6 Å². The molecule has 0 fully saturated rings. The first-order valence-corrected chi connectivity index (χ1v) is 10.1. The molecule has 0 saturated carbocycles. The van der Waals surface area contributed by atoms with E-state index in [0.29, 0.717) is 24.0 Å². The van der Waals surface area contributed by atoms with Gasteiger partial charge < -0.3 is 10.6 Å². The summed E-state index contributed by atoms with van der Waals surface area (Å²) >= 11 is 0. The van der Waals surface area contributed by atoms with Gasteiger partial charge in [-0.3, -0.25) is 4.99 Å². The summed E-state index contributed by atoms with van der Waals surface area (Å²) in [5.41, 5.74) is 0.166. The lowest BCUT2D eigenvalue weighted by Gasteiger charge is -2.22. The van der Waals surface area contributed by atoms with Crippen molar-refractivity contribution in [3.8, 4) is 0 Å². The molecule has 1 rings (SSSR count). The number of nitrogens with zero attached hydrogens (tertiary/aromatic N) is 1. The van der Waals surface area contributed by atoms with Gasteiger partial charge in [-0.2, -0.15) is 0 Å². The first-order valence-electron chi connectivity index (χ1n) is 8.61. The van der Waals surface area contributed by atoms with Crippen LogP contribution in [0.5, 0.6) is 0 Å². The number of hydrogen-bond acceptors (Lipinski definition) is 3. The molecule has 8 heteroatoms. The smallest absolute Gasteiger partial charge is 0.241 e. The lowest BCUT2D eigenvalue weighted by molar-refractivity contribution is 0.491. The number of guanidine groups is 1. The van der Waals surface area contributed by atoms with Gasteiger partial charge in [0.1, 0.15) is 0 Å². The van der Waals surface area contributed by atoms with Crippen LogP contribution in [0.3, 0.4) is 0 Å².